The van der Waals surface area contributed by atoms with E-state index >= 15 is 0 Å². The topological polar surface area (TPSA) is 144 Å². The van der Waals surface area contributed by atoms with Gasteiger partial charge in [-0.3, -0.25) is 9.59 Å². The van der Waals surface area contributed by atoms with Crippen LogP contribution in [0.15, 0.2) is 76.6 Å². The number of ether oxygens (including phenoxy) is 2. The monoisotopic (exact) mass is 651 g/mol. The average Bonchev–Trinajstić information content (AvgIpc) is 3.57. The normalized spacial score (nSPS) is 13.0. The molecule has 2 aromatic carbocycles. The molecule has 1 aromatic heterocycles. The summed E-state index contributed by atoms with van der Waals surface area (Å²) in [5, 5.41) is 10.5. The highest BCUT2D eigenvalue weighted by Crippen LogP contribution is 2.25. The molecule has 0 radical (unpaired) electrons. The van der Waals surface area contributed by atoms with Gasteiger partial charge in [0.2, 0.25) is 11.8 Å². The number of unbranched alkanes of at least 4 members (excludes halogenated alkanes) is 1. The Bertz CT molecular complexity index is 1480. The summed E-state index contributed by atoms with van der Waals surface area (Å²) < 4.78 is 24.8. The van der Waals surface area contributed by atoms with Crippen molar-refractivity contribution in [2.75, 3.05) is 13.7 Å². The Hall–Kier alpha value is -4.71. The summed E-state index contributed by atoms with van der Waals surface area (Å²) in [4.78, 5) is 43.9. The van der Waals surface area contributed by atoms with E-state index in [1.807, 2.05) is 30.5 Å². The first-order valence-electron chi connectivity index (χ1n) is 15.2. The van der Waals surface area contributed by atoms with E-state index in [-0.39, 0.29) is 30.6 Å². The van der Waals surface area contributed by atoms with Gasteiger partial charge in [-0.05, 0) is 73.5 Å². The number of nitrogens with two attached hydrogens (primary N) is 1. The lowest BCUT2D eigenvalue weighted by molar-refractivity contribution is -0.145. The number of rotatable bonds is 17. The molecule has 0 spiro atoms. The number of hydrogen-bond acceptors (Lipinski definition) is 7. The molecule has 0 saturated carbocycles. The molecule has 12 heteroatoms. The van der Waals surface area contributed by atoms with Gasteiger partial charge in [-0.1, -0.05) is 50.1 Å². The zero-order valence-electron chi connectivity index (χ0n) is 26.4. The molecule has 0 aliphatic carbocycles. The van der Waals surface area contributed by atoms with Gasteiger partial charge >= 0.3 is 5.97 Å². The van der Waals surface area contributed by atoms with Crippen LogP contribution in [0.3, 0.4) is 0 Å². The van der Waals surface area contributed by atoms with Crippen molar-refractivity contribution in [1.29, 1.82) is 0 Å². The highest BCUT2D eigenvalue weighted by molar-refractivity contribution is 7.10. The zero-order valence-corrected chi connectivity index (χ0v) is 27.2. The Morgan fingerprint density at radius 3 is 2.48 bits per heavy atom. The van der Waals surface area contributed by atoms with Gasteiger partial charge in [-0.25, -0.2) is 14.2 Å². The maximum Gasteiger partial charge on any atom is 0.328 e. The number of benzene rings is 2. The Balaban J connectivity index is 1.59. The van der Waals surface area contributed by atoms with Crippen molar-refractivity contribution in [3.05, 3.63) is 87.9 Å². The second-order valence-corrected chi connectivity index (χ2v) is 11.5. The quantitative estimate of drug-likeness (QED) is 0.0510. The zero-order chi connectivity index (χ0) is 33.3. The minimum atomic E-state index is -0.907. The van der Waals surface area contributed by atoms with E-state index in [9.17, 15) is 18.8 Å². The number of amides is 2. The summed E-state index contributed by atoms with van der Waals surface area (Å²) in [5.41, 5.74) is 7.21. The van der Waals surface area contributed by atoms with Crippen molar-refractivity contribution in [3.63, 3.8) is 0 Å². The smallest absolute Gasteiger partial charge is 0.328 e. The Labute approximate surface area is 273 Å². The molecule has 10 nitrogen and oxygen atoms in total. The summed E-state index contributed by atoms with van der Waals surface area (Å²) in [5.74, 6) is -1.13. The Kier molecular flexibility index (Phi) is 14.7. The molecule has 3 rings (SSSR count). The summed E-state index contributed by atoms with van der Waals surface area (Å²) in [6.07, 6.45) is 4.46. The molecule has 2 amide bonds. The number of esters is 1. The highest BCUT2D eigenvalue weighted by atomic mass is 32.1. The van der Waals surface area contributed by atoms with Crippen LogP contribution in [0.5, 0.6) is 11.5 Å². The van der Waals surface area contributed by atoms with Crippen LogP contribution < -0.4 is 26.4 Å². The SMILES string of the molecule is CCCC[C@H](NC(=O)[C@H](CCCNC(N)=NCc1ccc(F)c(Oc2ccccc2)c1)NC(=O)/C(C)=C/c1cccs1)C(=O)OC. The molecular formula is C34H42FN5O5S. The van der Waals surface area contributed by atoms with Crippen LogP contribution >= 0.6 is 11.3 Å². The van der Waals surface area contributed by atoms with E-state index in [4.69, 9.17) is 15.2 Å². The predicted molar refractivity (Wildman–Crippen MR) is 179 cm³/mol. The lowest BCUT2D eigenvalue weighted by atomic mass is 10.1. The molecule has 5 N–H and O–H groups in total. The van der Waals surface area contributed by atoms with Crippen LogP contribution in [0.25, 0.3) is 6.08 Å². The number of aliphatic imine (C=N–C) groups is 1. The van der Waals surface area contributed by atoms with Gasteiger partial charge in [0.15, 0.2) is 17.5 Å². The number of halogens is 1. The number of guanidine groups is 1. The van der Waals surface area contributed by atoms with Crippen LogP contribution in [0.4, 0.5) is 4.39 Å². The number of nitrogens with zero attached hydrogens (tertiary/aromatic N) is 1. The number of thiophene rings is 1. The fraction of sp³-hybridized carbons (Fsp3) is 0.353. The number of para-hydroxylation sites is 1. The Morgan fingerprint density at radius 2 is 1.78 bits per heavy atom. The Morgan fingerprint density at radius 1 is 1.02 bits per heavy atom. The predicted octanol–water partition coefficient (Wildman–Crippen LogP) is 5.30. The highest BCUT2D eigenvalue weighted by Gasteiger charge is 2.27. The molecule has 0 aliphatic heterocycles. The summed E-state index contributed by atoms with van der Waals surface area (Å²) in [7, 11) is 1.27. The minimum absolute atomic E-state index is 0.0846. The molecule has 246 valence electrons. The summed E-state index contributed by atoms with van der Waals surface area (Å²) >= 11 is 1.50. The molecule has 46 heavy (non-hydrogen) atoms. The van der Waals surface area contributed by atoms with Gasteiger partial charge in [0.25, 0.3) is 0 Å². The van der Waals surface area contributed by atoms with Gasteiger partial charge in [0, 0.05) is 17.0 Å². The second kappa shape index (κ2) is 18.9. The lowest BCUT2D eigenvalue weighted by Gasteiger charge is -2.22. The molecule has 0 aliphatic rings. The largest absolute Gasteiger partial charge is 0.467 e. The number of nitrogens with one attached hydrogen (secondary N) is 3. The second-order valence-electron chi connectivity index (χ2n) is 10.5. The van der Waals surface area contributed by atoms with Crippen molar-refractivity contribution in [1.82, 2.24) is 16.0 Å². The van der Waals surface area contributed by atoms with Gasteiger partial charge in [0.1, 0.15) is 17.8 Å². The van der Waals surface area contributed by atoms with Gasteiger partial charge in [-0.15, -0.1) is 11.3 Å². The first-order valence-corrected chi connectivity index (χ1v) is 16.0. The molecule has 1 heterocycles. The van der Waals surface area contributed by atoms with Crippen LogP contribution in [0, 0.1) is 5.82 Å². The first kappa shape index (κ1) is 35.8. The van der Waals surface area contributed by atoms with Gasteiger partial charge in [0.05, 0.1) is 13.7 Å². The number of hydrogen-bond donors (Lipinski definition) is 4. The average molecular weight is 652 g/mol. The van der Waals surface area contributed by atoms with E-state index in [1.54, 1.807) is 49.4 Å². The van der Waals surface area contributed by atoms with E-state index in [1.165, 1.54) is 24.5 Å². The van der Waals surface area contributed by atoms with E-state index in [0.29, 0.717) is 36.3 Å². The number of carbonyl (C=O) groups excluding carboxylic acids is 3. The maximum atomic E-state index is 14.3. The van der Waals surface area contributed by atoms with Crippen molar-refractivity contribution >= 4 is 41.2 Å². The molecule has 0 unspecified atom stereocenters. The molecule has 0 bridgehead atoms. The van der Waals surface area contributed by atoms with Crippen molar-refractivity contribution in [3.8, 4) is 11.5 Å². The molecule has 0 fully saturated rings. The molecule has 2 atom stereocenters. The maximum absolute atomic E-state index is 14.3. The fourth-order valence-electron chi connectivity index (χ4n) is 4.36. The molecule has 3 aromatic rings. The van der Waals surface area contributed by atoms with Crippen LogP contribution in [0.2, 0.25) is 0 Å². The van der Waals surface area contributed by atoms with Gasteiger partial charge < -0.3 is 31.2 Å². The standard InChI is InChI=1S/C34H42FN5O5S/c1-4-5-14-29(33(43)44-3)40-32(42)28(39-31(41)23(2)20-26-13-10-19-46-26)15-9-18-37-34(36)38-22-24-16-17-27(35)30(21-24)45-25-11-7-6-8-12-25/h6-8,10-13,16-17,19-21,28-29H,4-5,9,14-15,18,22H2,1-3H3,(H,39,41)(H,40,42)(H3,36,37,38)/b23-20+/t28-,29-/m0/s1. The van der Waals surface area contributed by atoms with E-state index in [2.05, 4.69) is 20.9 Å². The lowest BCUT2D eigenvalue weighted by Crippen LogP contribution is -2.52. The van der Waals surface area contributed by atoms with Crippen LogP contribution in [0.1, 0.15) is 56.4 Å². The van der Waals surface area contributed by atoms with Crippen LogP contribution in [-0.4, -0.2) is 49.5 Å². The van der Waals surface area contributed by atoms with E-state index < -0.39 is 29.8 Å². The van der Waals surface area contributed by atoms with Crippen LogP contribution in [-0.2, 0) is 25.7 Å². The van der Waals surface area contributed by atoms with E-state index in [0.717, 1.165) is 17.7 Å². The number of carbonyl (C=O) groups is 3. The fourth-order valence-corrected chi connectivity index (χ4v) is 5.08. The molecule has 0 saturated heterocycles. The number of methoxy groups -OCH3 is 1. The molecular weight excluding hydrogens is 609 g/mol. The third-order valence-electron chi connectivity index (χ3n) is 6.90. The summed E-state index contributed by atoms with van der Waals surface area (Å²) in [6.45, 7) is 4.22. The third-order valence-corrected chi connectivity index (χ3v) is 7.72. The van der Waals surface area contributed by atoms with Crippen molar-refractivity contribution in [2.45, 2.75) is 64.6 Å². The minimum Gasteiger partial charge on any atom is -0.467 e. The third kappa shape index (κ3) is 12.0. The first-order chi connectivity index (χ1) is 22.2. The summed E-state index contributed by atoms with van der Waals surface area (Å²) in [6, 6.07) is 15.5. The van der Waals surface area contributed by atoms with Crippen molar-refractivity contribution < 1.29 is 28.2 Å². The van der Waals surface area contributed by atoms with Crippen molar-refractivity contribution in [2.24, 2.45) is 10.7 Å². The van der Waals surface area contributed by atoms with Gasteiger partial charge in [-0.2, -0.15) is 0 Å².